The summed E-state index contributed by atoms with van der Waals surface area (Å²) in [7, 11) is 0. The lowest BCUT2D eigenvalue weighted by Crippen LogP contribution is -2.38. The fraction of sp³-hybridized carbons (Fsp3) is 0.381. The lowest BCUT2D eigenvalue weighted by atomic mass is 10.1. The molecule has 0 bridgehead atoms. The number of carboxylic acid groups (broad SMARTS) is 1. The van der Waals surface area contributed by atoms with Gasteiger partial charge in [0.25, 0.3) is 0 Å². The van der Waals surface area contributed by atoms with Gasteiger partial charge in [-0.3, -0.25) is 4.90 Å². The van der Waals surface area contributed by atoms with Gasteiger partial charge in [0.05, 0.1) is 28.7 Å². The molecule has 0 saturated heterocycles. The monoisotopic (exact) mass is 473 g/mol. The fourth-order valence-electron chi connectivity index (χ4n) is 3.04. The molecule has 3 rings (SSSR count). The molecule has 2 amide bonds. The number of rotatable bonds is 6. The van der Waals surface area contributed by atoms with Gasteiger partial charge in [-0.1, -0.05) is 6.07 Å². The van der Waals surface area contributed by atoms with E-state index in [1.54, 1.807) is 20.8 Å². The minimum Gasteiger partial charge on any atom is -0.465 e. The number of carbonyl (C=O) groups excluding carboxylic acids is 1. The molecule has 3 aromatic heterocycles. The van der Waals surface area contributed by atoms with Gasteiger partial charge < -0.3 is 15.2 Å². The van der Waals surface area contributed by atoms with Gasteiger partial charge in [0.15, 0.2) is 0 Å². The zero-order valence-electron chi connectivity index (χ0n) is 18.1. The number of nitrogens with zero attached hydrogens (tertiary/aromatic N) is 4. The second-order valence-electron chi connectivity index (χ2n) is 8.12. The van der Waals surface area contributed by atoms with Crippen LogP contribution in [-0.4, -0.2) is 39.1 Å². The zero-order valence-corrected chi connectivity index (χ0v) is 19.7. The Bertz CT molecular complexity index is 1160. The second-order valence-corrected chi connectivity index (χ2v) is 10.3. The van der Waals surface area contributed by atoms with E-state index in [1.165, 1.54) is 33.8 Å². The number of amides is 2. The Morgan fingerprint density at radius 3 is 2.75 bits per heavy atom. The van der Waals surface area contributed by atoms with Crippen LogP contribution in [0.25, 0.3) is 10.2 Å². The maximum absolute atomic E-state index is 12.1. The number of hydrogen-bond acceptors (Lipinski definition) is 8. The minimum atomic E-state index is -1.12. The highest BCUT2D eigenvalue weighted by Crippen LogP contribution is 2.37. The molecule has 0 spiro atoms. The van der Waals surface area contributed by atoms with Gasteiger partial charge in [-0.05, 0) is 39.1 Å². The maximum atomic E-state index is 12.1. The van der Waals surface area contributed by atoms with Crippen molar-refractivity contribution in [1.29, 1.82) is 5.26 Å². The molecular formula is C21H23N5O4S2. The molecule has 0 radical (unpaired) electrons. The SMILES string of the molecule is CC(Cc1sc2c(N(Cc3cccs3)C(=O)O)cnnc2c1C#N)NC(=O)OC(C)(C)C. The molecule has 1 unspecified atom stereocenters. The third kappa shape index (κ3) is 5.52. The van der Waals surface area contributed by atoms with Crippen LogP contribution >= 0.6 is 22.7 Å². The van der Waals surface area contributed by atoms with Crippen molar-refractivity contribution < 1.29 is 19.4 Å². The van der Waals surface area contributed by atoms with Crippen molar-refractivity contribution in [2.24, 2.45) is 0 Å². The van der Waals surface area contributed by atoms with Crippen molar-refractivity contribution in [3.63, 3.8) is 0 Å². The number of alkyl carbamates (subject to hydrolysis) is 1. The van der Waals surface area contributed by atoms with Crippen molar-refractivity contribution in [3.05, 3.63) is 39.0 Å². The molecule has 3 aromatic rings. The number of fused-ring (bicyclic) bond motifs is 1. The van der Waals surface area contributed by atoms with Crippen LogP contribution in [0, 0.1) is 11.3 Å². The minimum absolute atomic E-state index is 0.166. The maximum Gasteiger partial charge on any atom is 0.412 e. The van der Waals surface area contributed by atoms with E-state index >= 15 is 0 Å². The number of ether oxygens (including phenoxy) is 1. The largest absolute Gasteiger partial charge is 0.465 e. The molecule has 1 atom stereocenters. The summed E-state index contributed by atoms with van der Waals surface area (Å²) in [5.41, 5.74) is 0.439. The standard InChI is InChI=1S/C21H23N5O4S2/c1-12(24-19(27)30-21(2,3)4)8-16-14(9-22)17-18(32-16)15(10-23-25-17)26(20(28)29)11-13-6-5-7-31-13/h5-7,10,12H,8,11H2,1-4H3,(H,24,27)(H,28,29). The zero-order chi connectivity index (χ0) is 23.5. The Kier molecular flexibility index (Phi) is 6.96. The molecule has 0 aliphatic heterocycles. The average molecular weight is 474 g/mol. The first-order valence-corrected chi connectivity index (χ1v) is 11.5. The lowest BCUT2D eigenvalue weighted by Gasteiger charge is -2.21. The van der Waals surface area contributed by atoms with Gasteiger partial charge in [0.2, 0.25) is 0 Å². The van der Waals surface area contributed by atoms with Gasteiger partial charge in [-0.2, -0.15) is 10.4 Å². The normalized spacial score (nSPS) is 12.2. The van der Waals surface area contributed by atoms with Crippen LogP contribution in [-0.2, 0) is 17.7 Å². The first-order valence-electron chi connectivity index (χ1n) is 9.78. The third-order valence-corrected chi connectivity index (χ3v) is 6.39. The van der Waals surface area contributed by atoms with Crippen LogP contribution in [0.15, 0.2) is 23.7 Å². The molecule has 0 aliphatic carbocycles. The summed E-state index contributed by atoms with van der Waals surface area (Å²) < 4.78 is 5.85. The molecule has 0 fully saturated rings. The van der Waals surface area contributed by atoms with Gasteiger partial charge in [0, 0.05) is 22.2 Å². The van der Waals surface area contributed by atoms with Crippen LogP contribution in [0.5, 0.6) is 0 Å². The van der Waals surface area contributed by atoms with Gasteiger partial charge in [-0.15, -0.1) is 27.8 Å². The summed E-state index contributed by atoms with van der Waals surface area (Å²) in [5, 5.41) is 32.3. The molecule has 9 nitrogen and oxygen atoms in total. The molecule has 32 heavy (non-hydrogen) atoms. The number of nitriles is 1. The molecular weight excluding hydrogens is 450 g/mol. The summed E-state index contributed by atoms with van der Waals surface area (Å²) >= 11 is 2.74. The van der Waals surface area contributed by atoms with Crippen molar-refractivity contribution in [2.75, 3.05) is 4.90 Å². The number of thiophene rings is 2. The van der Waals surface area contributed by atoms with Gasteiger partial charge in [-0.25, -0.2) is 9.59 Å². The highest BCUT2D eigenvalue weighted by Gasteiger charge is 2.25. The molecule has 3 heterocycles. The van der Waals surface area contributed by atoms with E-state index in [-0.39, 0.29) is 12.6 Å². The van der Waals surface area contributed by atoms with Crippen LogP contribution in [0.1, 0.15) is 43.0 Å². The molecule has 168 valence electrons. The van der Waals surface area contributed by atoms with E-state index in [4.69, 9.17) is 4.74 Å². The second kappa shape index (κ2) is 9.50. The Morgan fingerprint density at radius 1 is 1.41 bits per heavy atom. The van der Waals surface area contributed by atoms with Crippen molar-refractivity contribution in [1.82, 2.24) is 15.5 Å². The molecule has 11 heteroatoms. The first-order chi connectivity index (χ1) is 15.1. The number of nitrogens with one attached hydrogen (secondary N) is 1. The summed E-state index contributed by atoms with van der Waals surface area (Å²) in [6.07, 6.45) is 0.0910. The van der Waals surface area contributed by atoms with E-state index < -0.39 is 17.8 Å². The highest BCUT2D eigenvalue weighted by atomic mass is 32.1. The molecule has 0 saturated carbocycles. The van der Waals surface area contributed by atoms with Crippen LogP contribution < -0.4 is 10.2 Å². The lowest BCUT2D eigenvalue weighted by molar-refractivity contribution is 0.0508. The number of anilines is 1. The summed E-state index contributed by atoms with van der Waals surface area (Å²) in [4.78, 5) is 26.8. The van der Waals surface area contributed by atoms with E-state index in [0.29, 0.717) is 32.8 Å². The van der Waals surface area contributed by atoms with Crippen LogP contribution in [0.4, 0.5) is 15.3 Å². The number of aromatic nitrogens is 2. The average Bonchev–Trinajstić information content (AvgIpc) is 3.30. The van der Waals surface area contributed by atoms with Crippen molar-refractivity contribution >= 4 is 50.8 Å². The number of carbonyl (C=O) groups is 2. The third-order valence-electron chi connectivity index (χ3n) is 4.31. The highest BCUT2D eigenvalue weighted by molar-refractivity contribution is 7.20. The predicted molar refractivity (Wildman–Crippen MR) is 123 cm³/mol. The predicted octanol–water partition coefficient (Wildman–Crippen LogP) is 4.76. The van der Waals surface area contributed by atoms with E-state index in [9.17, 15) is 20.0 Å². The Balaban J connectivity index is 1.92. The van der Waals surface area contributed by atoms with E-state index in [1.807, 2.05) is 24.4 Å². The van der Waals surface area contributed by atoms with Crippen LogP contribution in [0.2, 0.25) is 0 Å². The molecule has 0 aromatic carbocycles. The van der Waals surface area contributed by atoms with Crippen molar-refractivity contribution in [2.45, 2.75) is 52.3 Å². The quantitative estimate of drug-likeness (QED) is 0.528. The first kappa shape index (κ1) is 23.4. The Hall–Kier alpha value is -3.23. The fourth-order valence-corrected chi connectivity index (χ4v) is 5.06. The van der Waals surface area contributed by atoms with Crippen molar-refractivity contribution in [3.8, 4) is 6.07 Å². The van der Waals surface area contributed by atoms with Crippen LogP contribution in [0.3, 0.4) is 0 Å². The van der Waals surface area contributed by atoms with E-state index in [2.05, 4.69) is 21.6 Å². The smallest absolute Gasteiger partial charge is 0.412 e. The van der Waals surface area contributed by atoms with Gasteiger partial charge in [0.1, 0.15) is 17.2 Å². The molecule has 2 N–H and O–H groups in total. The Labute approximate surface area is 193 Å². The van der Waals surface area contributed by atoms with Gasteiger partial charge >= 0.3 is 12.2 Å². The Morgan fingerprint density at radius 2 is 2.16 bits per heavy atom. The molecule has 0 aliphatic rings. The summed E-state index contributed by atoms with van der Waals surface area (Å²) in [5.74, 6) is 0. The summed E-state index contributed by atoms with van der Waals surface area (Å²) in [6, 6.07) is 5.56. The number of hydrogen-bond donors (Lipinski definition) is 2. The topological polar surface area (TPSA) is 128 Å². The van der Waals surface area contributed by atoms with E-state index in [0.717, 1.165) is 4.88 Å². The summed E-state index contributed by atoms with van der Waals surface area (Å²) in [6.45, 7) is 7.31.